The summed E-state index contributed by atoms with van der Waals surface area (Å²) in [6, 6.07) is 23.4. The normalized spacial score (nSPS) is 11.4. The van der Waals surface area contributed by atoms with E-state index in [-0.39, 0.29) is 10.8 Å². The topological polar surface area (TPSA) is 66.5 Å². The fraction of sp³-hybridized carbons (Fsp3) is 0.0870. The maximum atomic E-state index is 13.0. The van der Waals surface area contributed by atoms with E-state index in [4.69, 9.17) is 0 Å². The number of thiophene rings is 1. The maximum Gasteiger partial charge on any atom is 0.264 e. The third-order valence-electron chi connectivity index (χ3n) is 4.86. The van der Waals surface area contributed by atoms with Crippen LogP contribution in [0.15, 0.2) is 88.2 Å². The number of nitrogens with one attached hydrogen (secondary N) is 1. The molecule has 8 heteroatoms. The van der Waals surface area contributed by atoms with Gasteiger partial charge in [-0.2, -0.15) is 0 Å². The summed E-state index contributed by atoms with van der Waals surface area (Å²) in [6.07, 6.45) is 0. The smallest absolute Gasteiger partial charge is 0.264 e. The van der Waals surface area contributed by atoms with E-state index in [9.17, 15) is 13.2 Å². The number of carbonyl (C=O) groups excluding carboxylic acids is 1. The van der Waals surface area contributed by atoms with E-state index in [0.717, 1.165) is 20.1 Å². The van der Waals surface area contributed by atoms with Crippen LogP contribution in [0.1, 0.15) is 15.2 Å². The van der Waals surface area contributed by atoms with Crippen LogP contribution >= 0.6 is 27.3 Å². The number of sulfonamides is 1. The molecule has 0 aliphatic heterocycles. The summed E-state index contributed by atoms with van der Waals surface area (Å²) in [5.41, 5.74) is 1.56. The summed E-state index contributed by atoms with van der Waals surface area (Å²) < 4.78 is 28.9. The molecule has 1 N–H and O–H groups in total. The first-order valence-corrected chi connectivity index (χ1v) is 12.5. The van der Waals surface area contributed by atoms with Gasteiger partial charge in [0.15, 0.2) is 0 Å². The second kappa shape index (κ2) is 8.82. The summed E-state index contributed by atoms with van der Waals surface area (Å²) in [6.45, 7) is 0.452. The van der Waals surface area contributed by atoms with E-state index in [1.807, 2.05) is 36.4 Å². The van der Waals surface area contributed by atoms with Crippen LogP contribution in [0.3, 0.4) is 0 Å². The minimum atomic E-state index is -3.69. The van der Waals surface area contributed by atoms with Gasteiger partial charge in [0.05, 0.1) is 15.5 Å². The molecule has 0 aliphatic carbocycles. The number of rotatable bonds is 6. The van der Waals surface area contributed by atoms with Crippen LogP contribution in [-0.4, -0.2) is 21.4 Å². The van der Waals surface area contributed by atoms with Gasteiger partial charge >= 0.3 is 0 Å². The van der Waals surface area contributed by atoms with E-state index < -0.39 is 10.0 Å². The Kier molecular flexibility index (Phi) is 6.13. The molecule has 1 aromatic heterocycles. The number of fused-ring (bicyclic) bond motifs is 1. The predicted octanol–water partition coefficient (Wildman–Crippen LogP) is 5.42. The Morgan fingerprint density at radius 1 is 1.00 bits per heavy atom. The first-order valence-electron chi connectivity index (χ1n) is 9.45. The van der Waals surface area contributed by atoms with Gasteiger partial charge in [-0.25, -0.2) is 8.42 Å². The Balaban J connectivity index is 1.55. The lowest BCUT2D eigenvalue weighted by atomic mass is 10.2. The minimum absolute atomic E-state index is 0.151. The van der Waals surface area contributed by atoms with Crippen molar-refractivity contribution in [1.82, 2.24) is 5.32 Å². The average Bonchev–Trinajstić information content (AvgIpc) is 3.21. The lowest BCUT2D eigenvalue weighted by molar-refractivity contribution is 0.0955. The molecule has 158 valence electrons. The Labute approximate surface area is 193 Å². The maximum absolute atomic E-state index is 13.0. The highest BCUT2D eigenvalue weighted by Crippen LogP contribution is 2.31. The third kappa shape index (κ3) is 4.66. The van der Waals surface area contributed by atoms with Crippen molar-refractivity contribution in [3.63, 3.8) is 0 Å². The number of hydrogen-bond donors (Lipinski definition) is 1. The molecule has 3 aromatic carbocycles. The quantitative estimate of drug-likeness (QED) is 0.373. The van der Waals surface area contributed by atoms with Gasteiger partial charge in [-0.05, 0) is 59.5 Å². The molecular formula is C23H19BrN2O3S2. The van der Waals surface area contributed by atoms with Gasteiger partial charge in [-0.3, -0.25) is 9.10 Å². The van der Waals surface area contributed by atoms with Gasteiger partial charge in [0, 0.05) is 22.8 Å². The molecule has 0 bridgehead atoms. The average molecular weight is 515 g/mol. The van der Waals surface area contributed by atoms with E-state index >= 15 is 0 Å². The lowest BCUT2D eigenvalue weighted by Crippen LogP contribution is -2.26. The van der Waals surface area contributed by atoms with Crippen LogP contribution in [0.5, 0.6) is 0 Å². The van der Waals surface area contributed by atoms with Gasteiger partial charge in [0.2, 0.25) is 0 Å². The molecule has 0 radical (unpaired) electrons. The van der Waals surface area contributed by atoms with Crippen LogP contribution in [0.2, 0.25) is 0 Å². The van der Waals surface area contributed by atoms with Crippen LogP contribution in [0, 0.1) is 0 Å². The zero-order valence-electron chi connectivity index (χ0n) is 16.6. The Morgan fingerprint density at radius 3 is 2.42 bits per heavy atom. The number of anilines is 1. The van der Waals surface area contributed by atoms with Gasteiger partial charge < -0.3 is 5.32 Å². The van der Waals surface area contributed by atoms with Crippen LogP contribution in [-0.2, 0) is 16.6 Å². The monoisotopic (exact) mass is 514 g/mol. The van der Waals surface area contributed by atoms with E-state index in [0.29, 0.717) is 17.1 Å². The molecule has 0 spiro atoms. The zero-order chi connectivity index (χ0) is 22.0. The first-order chi connectivity index (χ1) is 14.8. The highest BCUT2D eigenvalue weighted by molar-refractivity contribution is 9.10. The second-order valence-corrected chi connectivity index (χ2v) is 10.9. The number of nitrogens with zero attached hydrogens (tertiary/aromatic N) is 1. The van der Waals surface area contributed by atoms with E-state index in [1.165, 1.54) is 22.7 Å². The number of benzene rings is 3. The summed E-state index contributed by atoms with van der Waals surface area (Å²) in [5.74, 6) is -0.151. The molecule has 1 amide bonds. The van der Waals surface area contributed by atoms with Crippen molar-refractivity contribution < 1.29 is 13.2 Å². The molecule has 31 heavy (non-hydrogen) atoms. The summed E-state index contributed by atoms with van der Waals surface area (Å²) in [5, 5.41) is 3.75. The predicted molar refractivity (Wildman–Crippen MR) is 129 cm³/mol. The standard InChI is InChI=1S/C23H19BrN2O3S2/c1-26(31(28,29)20-10-7-18(24)8-11-20)19-9-12-21-17(13-19)14-22(30-21)23(27)25-15-16-5-3-2-4-6-16/h2-14H,15H2,1H3,(H,25,27). The van der Waals surface area contributed by atoms with E-state index in [2.05, 4.69) is 21.2 Å². The van der Waals surface area contributed by atoms with Crippen LogP contribution in [0.25, 0.3) is 10.1 Å². The fourth-order valence-corrected chi connectivity index (χ4v) is 5.52. The van der Waals surface area contributed by atoms with Gasteiger partial charge in [0.1, 0.15) is 0 Å². The van der Waals surface area contributed by atoms with E-state index in [1.54, 1.807) is 42.5 Å². The molecule has 5 nitrogen and oxygen atoms in total. The Hall–Kier alpha value is -2.68. The highest BCUT2D eigenvalue weighted by Gasteiger charge is 2.22. The summed E-state index contributed by atoms with van der Waals surface area (Å²) in [7, 11) is -2.16. The Bertz CT molecular complexity index is 1330. The van der Waals surface area contributed by atoms with Crippen LogP contribution in [0.4, 0.5) is 5.69 Å². The summed E-state index contributed by atoms with van der Waals surface area (Å²) in [4.78, 5) is 13.4. The number of halogens is 1. The first kappa shape index (κ1) is 21.5. The molecule has 4 rings (SSSR count). The third-order valence-corrected chi connectivity index (χ3v) is 8.30. The highest BCUT2D eigenvalue weighted by atomic mass is 79.9. The number of carbonyl (C=O) groups is 1. The molecular weight excluding hydrogens is 496 g/mol. The van der Waals surface area contributed by atoms with Crippen molar-refractivity contribution in [3.05, 3.63) is 93.8 Å². The Morgan fingerprint density at radius 2 is 1.71 bits per heavy atom. The summed E-state index contributed by atoms with van der Waals surface area (Å²) >= 11 is 4.70. The van der Waals surface area contributed by atoms with Crippen LogP contribution < -0.4 is 9.62 Å². The molecule has 0 aliphatic rings. The molecule has 4 aromatic rings. The van der Waals surface area contributed by atoms with Crippen molar-refractivity contribution in [2.45, 2.75) is 11.4 Å². The van der Waals surface area contributed by atoms with Crippen molar-refractivity contribution in [1.29, 1.82) is 0 Å². The fourth-order valence-electron chi connectivity index (χ4n) is 3.11. The van der Waals surface area contributed by atoms with Gasteiger partial charge in [0.25, 0.3) is 15.9 Å². The number of hydrogen-bond acceptors (Lipinski definition) is 4. The largest absolute Gasteiger partial charge is 0.347 e. The number of amides is 1. The minimum Gasteiger partial charge on any atom is -0.347 e. The SMILES string of the molecule is CN(c1ccc2sc(C(=O)NCc3ccccc3)cc2c1)S(=O)(=O)c1ccc(Br)cc1. The molecule has 1 heterocycles. The zero-order valence-corrected chi connectivity index (χ0v) is 19.8. The second-order valence-electron chi connectivity index (χ2n) is 6.93. The lowest BCUT2D eigenvalue weighted by Gasteiger charge is -2.19. The van der Waals surface area contributed by atoms with Crippen molar-refractivity contribution >= 4 is 59.0 Å². The molecule has 0 saturated carbocycles. The van der Waals surface area contributed by atoms with Gasteiger partial charge in [-0.15, -0.1) is 11.3 Å². The molecule has 0 saturated heterocycles. The van der Waals surface area contributed by atoms with Gasteiger partial charge in [-0.1, -0.05) is 46.3 Å². The molecule has 0 atom stereocenters. The van der Waals surface area contributed by atoms with Crippen molar-refractivity contribution in [2.75, 3.05) is 11.4 Å². The van der Waals surface area contributed by atoms with Crippen molar-refractivity contribution in [2.24, 2.45) is 0 Å². The van der Waals surface area contributed by atoms with Crippen molar-refractivity contribution in [3.8, 4) is 0 Å². The molecule has 0 fully saturated rings. The molecule has 0 unspecified atom stereocenters.